The lowest BCUT2D eigenvalue weighted by atomic mass is 9.94. The minimum absolute atomic E-state index is 0.917. The van der Waals surface area contributed by atoms with E-state index >= 15 is 0 Å². The zero-order valence-corrected chi connectivity index (χ0v) is 37.7. The first kappa shape index (κ1) is 38.7. The Kier molecular flexibility index (Phi) is 8.60. The van der Waals surface area contributed by atoms with Gasteiger partial charge in [-0.05, 0) is 109 Å². The summed E-state index contributed by atoms with van der Waals surface area (Å²) in [7, 11) is 8.64. The van der Waals surface area contributed by atoms with Crippen LogP contribution in [0.4, 0.5) is 85.3 Å². The molecular weight excluding hydrogens is 821 g/mol. The molecular formula is C59H46N8. The van der Waals surface area contributed by atoms with Crippen molar-refractivity contribution < 1.29 is 0 Å². The van der Waals surface area contributed by atoms with Gasteiger partial charge >= 0.3 is 0 Å². The number of imidazole rings is 1. The predicted octanol–water partition coefficient (Wildman–Crippen LogP) is 15.6. The van der Waals surface area contributed by atoms with Crippen LogP contribution >= 0.6 is 0 Å². The fraction of sp³-hybridized carbons (Fsp3) is 0.0678. The van der Waals surface area contributed by atoms with Crippen molar-refractivity contribution in [3.8, 4) is 22.5 Å². The lowest BCUT2D eigenvalue weighted by molar-refractivity contribution is 0.959. The molecule has 4 heterocycles. The molecule has 3 aliphatic heterocycles. The molecule has 322 valence electrons. The van der Waals surface area contributed by atoms with Gasteiger partial charge in [0, 0.05) is 45.0 Å². The lowest BCUT2D eigenvalue weighted by Crippen LogP contribution is -2.28. The Morgan fingerprint density at radius 3 is 1.16 bits per heavy atom. The second kappa shape index (κ2) is 14.9. The highest BCUT2D eigenvalue weighted by atomic mass is 15.3. The van der Waals surface area contributed by atoms with E-state index in [1.165, 1.54) is 0 Å². The van der Waals surface area contributed by atoms with Gasteiger partial charge in [0.15, 0.2) is 0 Å². The van der Waals surface area contributed by atoms with Gasteiger partial charge in [-0.2, -0.15) is 0 Å². The van der Waals surface area contributed by atoms with Crippen molar-refractivity contribution in [1.29, 1.82) is 0 Å². The smallest absolute Gasteiger partial charge is 0.140 e. The average molecular weight is 867 g/mol. The standard InChI is InChI=1S/C59H46N8/c1-61-45-24-7-13-30-51(45)65(52-31-14-8-25-46(52)61)41-37-42(39-20-19-21-40(36-39)59-60-43-22-5-6-23-44(43)64(59)4)58(67-55-34-17-11-28-49(55)63(3)50-29-12-18-35-56(50)67)57(38-41)66-53-32-15-9-26-47(53)62(2)48-27-10-16-33-54(48)66/h5-38H,1-4H3. The first-order chi connectivity index (χ1) is 32.9. The van der Waals surface area contributed by atoms with E-state index in [4.69, 9.17) is 4.98 Å². The molecule has 13 rings (SSSR count). The molecule has 9 aromatic carbocycles. The van der Waals surface area contributed by atoms with Crippen LogP contribution in [-0.2, 0) is 7.05 Å². The van der Waals surface area contributed by atoms with Crippen LogP contribution in [0.3, 0.4) is 0 Å². The second-order valence-corrected chi connectivity index (χ2v) is 17.5. The van der Waals surface area contributed by atoms with Crippen LogP contribution in [0.25, 0.3) is 33.5 Å². The number of hydrogen-bond acceptors (Lipinski definition) is 7. The van der Waals surface area contributed by atoms with Crippen molar-refractivity contribution in [1.82, 2.24) is 9.55 Å². The summed E-state index contributed by atoms with van der Waals surface area (Å²) in [6, 6.07) is 74.9. The van der Waals surface area contributed by atoms with E-state index in [1.54, 1.807) is 0 Å². The maximum Gasteiger partial charge on any atom is 0.140 e. The molecule has 67 heavy (non-hydrogen) atoms. The van der Waals surface area contributed by atoms with E-state index in [0.29, 0.717) is 0 Å². The van der Waals surface area contributed by atoms with E-state index < -0.39 is 0 Å². The third-order valence-electron chi connectivity index (χ3n) is 13.9. The van der Waals surface area contributed by atoms with Gasteiger partial charge in [0.1, 0.15) is 5.82 Å². The summed E-state index contributed by atoms with van der Waals surface area (Å²) in [5.41, 5.74) is 21.7. The molecule has 0 aliphatic carbocycles. The zero-order valence-electron chi connectivity index (χ0n) is 37.7. The van der Waals surface area contributed by atoms with Crippen molar-refractivity contribution in [2.45, 2.75) is 0 Å². The van der Waals surface area contributed by atoms with Crippen LogP contribution in [0.15, 0.2) is 206 Å². The van der Waals surface area contributed by atoms with Gasteiger partial charge in [-0.15, -0.1) is 0 Å². The average Bonchev–Trinajstić information content (AvgIpc) is 3.73. The number of anilines is 15. The van der Waals surface area contributed by atoms with Gasteiger partial charge in [0.25, 0.3) is 0 Å². The molecule has 1 aromatic heterocycles. The summed E-state index contributed by atoms with van der Waals surface area (Å²) in [5.74, 6) is 0.917. The molecule has 0 fully saturated rings. The molecule has 8 nitrogen and oxygen atoms in total. The summed E-state index contributed by atoms with van der Waals surface area (Å²) in [6.07, 6.45) is 0. The Labute approximate surface area is 390 Å². The molecule has 0 radical (unpaired) electrons. The molecule has 0 saturated heterocycles. The van der Waals surface area contributed by atoms with Gasteiger partial charge in [-0.1, -0.05) is 103 Å². The molecule has 8 heteroatoms. The fourth-order valence-electron chi connectivity index (χ4n) is 10.8. The number of nitrogens with zero attached hydrogens (tertiary/aromatic N) is 8. The molecule has 0 amide bonds. The van der Waals surface area contributed by atoms with Crippen molar-refractivity contribution in [2.24, 2.45) is 7.05 Å². The number of rotatable bonds is 5. The van der Waals surface area contributed by atoms with Crippen LogP contribution in [0.2, 0.25) is 0 Å². The van der Waals surface area contributed by atoms with Crippen LogP contribution in [-0.4, -0.2) is 30.7 Å². The number of aryl methyl sites for hydroxylation is 1. The summed E-state index contributed by atoms with van der Waals surface area (Å²) < 4.78 is 2.21. The third kappa shape index (κ3) is 5.76. The minimum Gasteiger partial charge on any atom is -0.341 e. The van der Waals surface area contributed by atoms with E-state index in [1.807, 2.05) is 0 Å². The lowest BCUT2D eigenvalue weighted by Gasteiger charge is -2.44. The van der Waals surface area contributed by atoms with Crippen molar-refractivity contribution in [3.63, 3.8) is 0 Å². The van der Waals surface area contributed by atoms with Crippen LogP contribution in [0, 0.1) is 0 Å². The highest BCUT2D eigenvalue weighted by molar-refractivity contribution is 6.11. The minimum atomic E-state index is 0.917. The van der Waals surface area contributed by atoms with Crippen LogP contribution in [0.1, 0.15) is 0 Å². The number of fused-ring (bicyclic) bond motifs is 7. The highest BCUT2D eigenvalue weighted by Gasteiger charge is 2.37. The monoisotopic (exact) mass is 866 g/mol. The van der Waals surface area contributed by atoms with E-state index in [-0.39, 0.29) is 0 Å². The third-order valence-corrected chi connectivity index (χ3v) is 13.9. The first-order valence-corrected chi connectivity index (χ1v) is 22.8. The Hall–Kier alpha value is -8.75. The zero-order chi connectivity index (χ0) is 44.9. The topological polar surface area (TPSA) is 37.3 Å². The van der Waals surface area contributed by atoms with Crippen molar-refractivity contribution >= 4 is 96.3 Å². The second-order valence-electron chi connectivity index (χ2n) is 17.5. The van der Waals surface area contributed by atoms with Crippen LogP contribution < -0.4 is 29.4 Å². The fourth-order valence-corrected chi connectivity index (χ4v) is 10.8. The predicted molar refractivity (Wildman–Crippen MR) is 280 cm³/mol. The molecule has 10 aromatic rings. The summed E-state index contributed by atoms with van der Waals surface area (Å²) in [6.45, 7) is 0. The van der Waals surface area contributed by atoms with E-state index in [0.717, 1.165) is 119 Å². The maximum atomic E-state index is 5.21. The van der Waals surface area contributed by atoms with Gasteiger partial charge in [-0.3, -0.25) is 0 Å². The van der Waals surface area contributed by atoms with Crippen molar-refractivity contribution in [3.05, 3.63) is 206 Å². The van der Waals surface area contributed by atoms with E-state index in [2.05, 4.69) is 268 Å². The Morgan fingerprint density at radius 1 is 0.313 bits per heavy atom. The summed E-state index contributed by atoms with van der Waals surface area (Å²) in [4.78, 5) is 19.6. The molecule has 0 spiro atoms. The normalized spacial score (nSPS) is 13.5. The molecule has 0 unspecified atom stereocenters. The van der Waals surface area contributed by atoms with Gasteiger partial charge in [0.2, 0.25) is 0 Å². The molecule has 0 atom stereocenters. The summed E-state index contributed by atoms with van der Waals surface area (Å²) in [5, 5.41) is 0. The first-order valence-electron chi connectivity index (χ1n) is 22.8. The SMILES string of the molecule is CN1c2ccccc2N(c2cc(-c3cccc(-c4nc5ccccc5n4C)c3)c(N3c4ccccc4N(C)c4ccccc43)c(N3c4ccccc4N(C)c4ccccc43)c2)c2ccccc21. The maximum absolute atomic E-state index is 5.21. The molecule has 0 N–H and O–H groups in total. The molecule has 3 aliphatic rings. The summed E-state index contributed by atoms with van der Waals surface area (Å²) >= 11 is 0. The number of benzene rings is 9. The number of aromatic nitrogens is 2. The Bertz CT molecular complexity index is 3470. The number of para-hydroxylation sites is 14. The van der Waals surface area contributed by atoms with Crippen molar-refractivity contribution in [2.75, 3.05) is 50.5 Å². The van der Waals surface area contributed by atoms with E-state index in [9.17, 15) is 0 Å². The number of hydrogen-bond donors (Lipinski definition) is 0. The largest absolute Gasteiger partial charge is 0.341 e. The van der Waals surface area contributed by atoms with Gasteiger partial charge in [-0.25, -0.2) is 4.98 Å². The van der Waals surface area contributed by atoms with Gasteiger partial charge in [0.05, 0.1) is 90.7 Å². The quantitative estimate of drug-likeness (QED) is 0.171. The Morgan fingerprint density at radius 2 is 0.701 bits per heavy atom. The molecule has 0 saturated carbocycles. The Balaban J connectivity index is 1.19. The van der Waals surface area contributed by atoms with Gasteiger partial charge < -0.3 is 34.0 Å². The van der Waals surface area contributed by atoms with Crippen LogP contribution in [0.5, 0.6) is 0 Å². The highest BCUT2D eigenvalue weighted by Crippen LogP contribution is 2.61. The molecule has 0 bridgehead atoms.